The number of aromatic nitrogens is 2. The van der Waals surface area contributed by atoms with Gasteiger partial charge in [-0.2, -0.15) is 18.3 Å². The van der Waals surface area contributed by atoms with Gasteiger partial charge in [0.15, 0.2) is 11.7 Å². The Morgan fingerprint density at radius 1 is 1.54 bits per heavy atom. The summed E-state index contributed by atoms with van der Waals surface area (Å²) >= 11 is 7.59. The highest BCUT2D eigenvalue weighted by molar-refractivity contribution is 7.10. The molecule has 2 N–H and O–H groups in total. The Bertz CT molecular complexity index is 788. The number of hydrogen-bond acceptors (Lipinski definition) is 4. The largest absolute Gasteiger partial charge is 0.410 e. The van der Waals surface area contributed by atoms with E-state index >= 15 is 0 Å². The number of nitrogens with zero attached hydrogens (tertiary/aromatic N) is 2. The average Bonchev–Trinajstić information content (AvgIpc) is 3.19. The summed E-state index contributed by atoms with van der Waals surface area (Å²) in [7, 11) is 0. The molecule has 0 unspecified atom stereocenters. The van der Waals surface area contributed by atoms with Gasteiger partial charge in [-0.25, -0.2) is 4.68 Å². The van der Waals surface area contributed by atoms with Gasteiger partial charge in [-0.3, -0.25) is 4.79 Å². The molecule has 0 saturated heterocycles. The van der Waals surface area contributed by atoms with Crippen molar-refractivity contribution in [3.8, 4) is 0 Å². The minimum absolute atomic E-state index is 0.0216. The molecule has 0 saturated carbocycles. The van der Waals surface area contributed by atoms with Gasteiger partial charge < -0.3 is 10.6 Å². The van der Waals surface area contributed by atoms with Crippen LogP contribution in [0.5, 0.6) is 0 Å². The molecule has 5 nitrogen and oxygen atoms in total. The first-order valence-electron chi connectivity index (χ1n) is 8.11. The summed E-state index contributed by atoms with van der Waals surface area (Å²) in [6, 6.07) is 1.15. The van der Waals surface area contributed by atoms with Crippen molar-refractivity contribution in [3.63, 3.8) is 0 Å². The van der Waals surface area contributed by atoms with Crippen LogP contribution >= 0.6 is 22.9 Å². The lowest BCUT2D eigenvalue weighted by molar-refractivity contribution is -0.173. The number of anilines is 1. The fraction of sp³-hybridized carbons (Fsp3) is 0.500. The van der Waals surface area contributed by atoms with Crippen LogP contribution in [0.2, 0.25) is 5.02 Å². The smallest absolute Gasteiger partial charge is 0.361 e. The summed E-state index contributed by atoms with van der Waals surface area (Å²) in [6.45, 7) is 4.20. The van der Waals surface area contributed by atoms with Crippen LogP contribution < -0.4 is 10.6 Å². The minimum atomic E-state index is -4.51. The first-order chi connectivity index (χ1) is 12.2. The van der Waals surface area contributed by atoms with E-state index in [4.69, 9.17) is 11.6 Å². The second kappa shape index (κ2) is 7.11. The maximum absolute atomic E-state index is 13.6. The Balaban J connectivity index is 1.97. The van der Waals surface area contributed by atoms with Gasteiger partial charge in [-0.15, -0.1) is 11.3 Å². The van der Waals surface area contributed by atoms with E-state index in [-0.39, 0.29) is 28.9 Å². The first-order valence-corrected chi connectivity index (χ1v) is 9.37. The lowest BCUT2D eigenvalue weighted by Crippen LogP contribution is -2.35. The Hall–Kier alpha value is -1.74. The number of thiophene rings is 1. The highest BCUT2D eigenvalue weighted by atomic mass is 35.5. The molecule has 1 aliphatic heterocycles. The Kier molecular flexibility index (Phi) is 5.21. The van der Waals surface area contributed by atoms with E-state index in [1.165, 1.54) is 11.3 Å². The predicted octanol–water partition coefficient (Wildman–Crippen LogP) is 4.64. The SMILES string of the molecule is CC(C)CNC(=O)c1nn2c(c1Cl)N[C@@H](c1cccs1)C[C@@H]2C(F)(F)F. The van der Waals surface area contributed by atoms with Gasteiger partial charge in [0.2, 0.25) is 0 Å². The number of nitrogens with one attached hydrogen (secondary N) is 2. The number of hydrogen-bond donors (Lipinski definition) is 2. The first kappa shape index (κ1) is 19.0. The molecule has 142 valence electrons. The molecule has 1 amide bonds. The normalized spacial score (nSPS) is 20.0. The van der Waals surface area contributed by atoms with Crippen LogP contribution in [-0.4, -0.2) is 28.4 Å². The van der Waals surface area contributed by atoms with Crippen molar-refractivity contribution in [1.82, 2.24) is 15.1 Å². The van der Waals surface area contributed by atoms with E-state index in [0.29, 0.717) is 6.54 Å². The lowest BCUT2D eigenvalue weighted by Gasteiger charge is -2.32. The number of carbonyl (C=O) groups is 1. The van der Waals surface area contributed by atoms with Crippen molar-refractivity contribution in [3.05, 3.63) is 33.1 Å². The van der Waals surface area contributed by atoms with Gasteiger partial charge in [-0.05, 0) is 17.4 Å². The van der Waals surface area contributed by atoms with E-state index in [1.54, 1.807) is 17.5 Å². The fourth-order valence-electron chi connectivity index (χ4n) is 2.79. The molecule has 2 atom stereocenters. The van der Waals surface area contributed by atoms with Crippen molar-refractivity contribution in [2.24, 2.45) is 5.92 Å². The molecular formula is C16H18ClF3N4OS. The van der Waals surface area contributed by atoms with Crippen molar-refractivity contribution in [1.29, 1.82) is 0 Å². The highest BCUT2D eigenvalue weighted by Crippen LogP contribution is 2.46. The van der Waals surface area contributed by atoms with Gasteiger partial charge in [0.05, 0.1) is 6.04 Å². The molecule has 2 aromatic heterocycles. The van der Waals surface area contributed by atoms with Gasteiger partial charge in [-0.1, -0.05) is 31.5 Å². The number of halogens is 4. The van der Waals surface area contributed by atoms with Gasteiger partial charge in [0.25, 0.3) is 5.91 Å². The van der Waals surface area contributed by atoms with Crippen LogP contribution in [0.15, 0.2) is 17.5 Å². The number of rotatable bonds is 4. The van der Waals surface area contributed by atoms with Crippen LogP contribution in [0, 0.1) is 5.92 Å². The third-order valence-corrected chi connectivity index (χ3v) is 5.41. The topological polar surface area (TPSA) is 59.0 Å². The van der Waals surface area contributed by atoms with Crippen LogP contribution in [0.25, 0.3) is 0 Å². The summed E-state index contributed by atoms with van der Waals surface area (Å²) in [5.41, 5.74) is -0.198. The third kappa shape index (κ3) is 3.68. The zero-order valence-corrected chi connectivity index (χ0v) is 15.7. The second-order valence-corrected chi connectivity index (χ2v) is 7.92. The third-order valence-electron chi connectivity index (χ3n) is 4.07. The molecular weight excluding hydrogens is 389 g/mol. The molecule has 0 aliphatic carbocycles. The number of carbonyl (C=O) groups excluding carboxylic acids is 1. The Labute approximate surface area is 157 Å². The van der Waals surface area contributed by atoms with Crippen molar-refractivity contribution < 1.29 is 18.0 Å². The van der Waals surface area contributed by atoms with E-state index in [0.717, 1.165) is 9.56 Å². The molecule has 0 aromatic carbocycles. The van der Waals surface area contributed by atoms with Crippen LogP contribution in [0.3, 0.4) is 0 Å². The van der Waals surface area contributed by atoms with Crippen molar-refractivity contribution >= 4 is 34.7 Å². The molecule has 0 fully saturated rings. The fourth-order valence-corrected chi connectivity index (χ4v) is 3.85. The molecule has 10 heteroatoms. The average molecular weight is 407 g/mol. The second-order valence-electron chi connectivity index (χ2n) is 6.57. The molecule has 3 heterocycles. The quantitative estimate of drug-likeness (QED) is 0.777. The van der Waals surface area contributed by atoms with Gasteiger partial charge in [0, 0.05) is 17.8 Å². The van der Waals surface area contributed by atoms with Gasteiger partial charge >= 0.3 is 6.18 Å². The Morgan fingerprint density at radius 3 is 2.85 bits per heavy atom. The maximum Gasteiger partial charge on any atom is 0.410 e. The van der Waals surface area contributed by atoms with E-state index in [9.17, 15) is 18.0 Å². The number of alkyl halides is 3. The molecule has 0 spiro atoms. The van der Waals surface area contributed by atoms with E-state index in [1.807, 2.05) is 13.8 Å². The van der Waals surface area contributed by atoms with Gasteiger partial charge in [0.1, 0.15) is 10.8 Å². The van der Waals surface area contributed by atoms with E-state index in [2.05, 4.69) is 15.7 Å². The lowest BCUT2D eigenvalue weighted by atomic mass is 10.0. The molecule has 2 aromatic rings. The molecule has 1 aliphatic rings. The van der Waals surface area contributed by atoms with Crippen LogP contribution in [0.4, 0.5) is 19.0 Å². The molecule has 3 rings (SSSR count). The molecule has 0 radical (unpaired) electrons. The number of fused-ring (bicyclic) bond motifs is 1. The summed E-state index contributed by atoms with van der Waals surface area (Å²) in [5.74, 6) is -0.367. The van der Waals surface area contributed by atoms with E-state index < -0.39 is 24.2 Å². The highest BCUT2D eigenvalue weighted by Gasteiger charge is 2.48. The van der Waals surface area contributed by atoms with Crippen LogP contribution in [-0.2, 0) is 0 Å². The summed E-state index contributed by atoms with van der Waals surface area (Å²) in [5, 5.41) is 11.2. The maximum atomic E-state index is 13.6. The Morgan fingerprint density at radius 2 is 2.27 bits per heavy atom. The van der Waals surface area contributed by atoms with Crippen LogP contribution in [0.1, 0.15) is 47.7 Å². The summed E-state index contributed by atoms with van der Waals surface area (Å²) in [4.78, 5) is 13.0. The van der Waals surface area contributed by atoms with Crippen molar-refractivity contribution in [2.45, 2.75) is 38.5 Å². The number of amides is 1. The molecule has 0 bridgehead atoms. The zero-order valence-electron chi connectivity index (χ0n) is 14.1. The standard InChI is InChI=1S/C16H18ClF3N4OS/c1-8(2)7-21-15(25)13-12(17)14-22-9(10-4-3-5-26-10)6-11(16(18,19)20)24(14)23-13/h3-5,8-9,11,22H,6-7H2,1-2H3,(H,21,25)/t9-,11-/m1/s1. The predicted molar refractivity (Wildman–Crippen MR) is 94.8 cm³/mol. The summed E-state index contributed by atoms with van der Waals surface area (Å²) < 4.78 is 41.6. The van der Waals surface area contributed by atoms with Crippen molar-refractivity contribution in [2.75, 3.05) is 11.9 Å². The monoisotopic (exact) mass is 406 g/mol. The zero-order chi connectivity index (χ0) is 19.1. The minimum Gasteiger partial charge on any atom is -0.361 e. The summed E-state index contributed by atoms with van der Waals surface area (Å²) in [6.07, 6.45) is -4.73. The molecule has 26 heavy (non-hydrogen) atoms.